The second kappa shape index (κ2) is 6.60. The molecule has 0 bridgehead atoms. The van der Waals surface area contributed by atoms with Gasteiger partial charge in [-0.05, 0) is 30.5 Å². The summed E-state index contributed by atoms with van der Waals surface area (Å²) in [6, 6.07) is 4.64. The Morgan fingerprint density at radius 3 is 2.57 bits per heavy atom. The van der Waals surface area contributed by atoms with Crippen molar-refractivity contribution in [3.63, 3.8) is 0 Å². The van der Waals surface area contributed by atoms with Crippen LogP contribution in [0.15, 0.2) is 23.3 Å². The first kappa shape index (κ1) is 17.3. The van der Waals surface area contributed by atoms with Gasteiger partial charge in [-0.1, -0.05) is 23.2 Å². The lowest BCUT2D eigenvalue weighted by molar-refractivity contribution is -0.142. The molecule has 0 aliphatic rings. The van der Waals surface area contributed by atoms with Gasteiger partial charge >= 0.3 is 6.18 Å². The first-order chi connectivity index (χ1) is 10.7. The molecule has 23 heavy (non-hydrogen) atoms. The van der Waals surface area contributed by atoms with Crippen molar-refractivity contribution in [2.75, 3.05) is 0 Å². The highest BCUT2D eigenvalue weighted by molar-refractivity contribution is 6.34. The lowest BCUT2D eigenvalue weighted by Gasteiger charge is -2.11. The summed E-state index contributed by atoms with van der Waals surface area (Å²) in [7, 11) is 0. The molecule has 9 heteroatoms. The standard InChI is InChI=1S/C14H8Cl2F3N3O/c15-9-3-7(11(16)8(4-9)5-20)1-2-10-12(14(17,18)19)21-6-22-13(10)23/h3-4,6H,1-2H2,(H,21,22,23). The molecule has 2 rings (SSSR count). The number of nitriles is 1. The van der Waals surface area contributed by atoms with Crippen LogP contribution in [0.4, 0.5) is 13.2 Å². The number of benzene rings is 1. The number of aromatic amines is 1. The summed E-state index contributed by atoms with van der Waals surface area (Å²) >= 11 is 11.9. The van der Waals surface area contributed by atoms with E-state index in [1.165, 1.54) is 12.1 Å². The summed E-state index contributed by atoms with van der Waals surface area (Å²) in [5, 5.41) is 9.28. The number of aromatic nitrogens is 2. The average Bonchev–Trinajstić information content (AvgIpc) is 2.47. The largest absolute Gasteiger partial charge is 0.433 e. The smallest absolute Gasteiger partial charge is 0.313 e. The van der Waals surface area contributed by atoms with Crippen LogP contribution in [-0.2, 0) is 19.0 Å². The Kier molecular flexibility index (Phi) is 4.97. The molecule has 0 saturated carbocycles. The van der Waals surface area contributed by atoms with Crippen LogP contribution in [-0.4, -0.2) is 9.97 Å². The van der Waals surface area contributed by atoms with E-state index >= 15 is 0 Å². The molecule has 1 heterocycles. The molecule has 4 nitrogen and oxygen atoms in total. The summed E-state index contributed by atoms with van der Waals surface area (Å²) in [6.07, 6.45) is -4.27. The molecule has 0 aliphatic heterocycles. The number of alkyl halides is 3. The van der Waals surface area contributed by atoms with Crippen LogP contribution in [0, 0.1) is 11.3 Å². The van der Waals surface area contributed by atoms with E-state index in [-0.39, 0.29) is 28.5 Å². The van der Waals surface area contributed by atoms with Crippen LogP contribution in [0.3, 0.4) is 0 Å². The van der Waals surface area contributed by atoms with E-state index in [1.54, 1.807) is 0 Å². The van der Waals surface area contributed by atoms with Gasteiger partial charge in [-0.25, -0.2) is 4.98 Å². The van der Waals surface area contributed by atoms with Gasteiger partial charge in [-0.2, -0.15) is 18.4 Å². The Morgan fingerprint density at radius 1 is 1.26 bits per heavy atom. The van der Waals surface area contributed by atoms with Gasteiger partial charge in [-0.3, -0.25) is 4.79 Å². The molecule has 0 atom stereocenters. The number of aryl methyl sites for hydroxylation is 1. The molecule has 0 aliphatic carbocycles. The summed E-state index contributed by atoms with van der Waals surface area (Å²) in [4.78, 5) is 17.0. The van der Waals surface area contributed by atoms with Gasteiger partial charge in [0.25, 0.3) is 5.56 Å². The third-order valence-corrected chi connectivity index (χ3v) is 3.76. The number of halogens is 5. The fourth-order valence-electron chi connectivity index (χ4n) is 2.07. The lowest BCUT2D eigenvalue weighted by Crippen LogP contribution is -2.23. The lowest BCUT2D eigenvalue weighted by atomic mass is 10.0. The van der Waals surface area contributed by atoms with Gasteiger partial charge in [0.05, 0.1) is 16.9 Å². The molecule has 1 aromatic heterocycles. The van der Waals surface area contributed by atoms with Crippen LogP contribution in [0.2, 0.25) is 10.0 Å². The van der Waals surface area contributed by atoms with Crippen molar-refractivity contribution >= 4 is 23.2 Å². The molecule has 0 fully saturated rings. The molecule has 1 aromatic carbocycles. The number of H-pyrrole nitrogens is 1. The van der Waals surface area contributed by atoms with E-state index in [4.69, 9.17) is 28.5 Å². The maximum atomic E-state index is 12.9. The van der Waals surface area contributed by atoms with E-state index in [0.717, 1.165) is 0 Å². The predicted octanol–water partition coefficient (Wildman–Crippen LogP) is 3.75. The van der Waals surface area contributed by atoms with Crippen molar-refractivity contribution in [3.8, 4) is 6.07 Å². The Bertz CT molecular complexity index is 841. The van der Waals surface area contributed by atoms with Crippen LogP contribution >= 0.6 is 23.2 Å². The minimum atomic E-state index is -4.74. The Balaban J connectivity index is 2.39. The first-order valence-corrected chi connectivity index (χ1v) is 7.01. The SMILES string of the molecule is N#Cc1cc(Cl)cc(CCc2c(C(F)(F)F)nc[nH]c2=O)c1Cl. The van der Waals surface area contributed by atoms with Crippen molar-refractivity contribution in [3.05, 3.63) is 61.2 Å². The van der Waals surface area contributed by atoms with Crippen LogP contribution in [0.1, 0.15) is 22.4 Å². The molecule has 0 spiro atoms. The number of nitrogens with one attached hydrogen (secondary N) is 1. The predicted molar refractivity (Wildman–Crippen MR) is 78.4 cm³/mol. The molecule has 120 valence electrons. The van der Waals surface area contributed by atoms with Crippen LogP contribution in [0.5, 0.6) is 0 Å². The normalized spacial score (nSPS) is 11.3. The molecule has 0 saturated heterocycles. The topological polar surface area (TPSA) is 69.5 Å². The monoisotopic (exact) mass is 361 g/mol. The minimum absolute atomic E-state index is 0.00588. The van der Waals surface area contributed by atoms with Crippen molar-refractivity contribution in [2.24, 2.45) is 0 Å². The quantitative estimate of drug-likeness (QED) is 0.904. The Labute approximate surface area is 138 Å². The highest BCUT2D eigenvalue weighted by Crippen LogP contribution is 2.30. The molecule has 0 unspecified atom stereocenters. The maximum Gasteiger partial charge on any atom is 0.433 e. The van der Waals surface area contributed by atoms with Crippen molar-refractivity contribution < 1.29 is 13.2 Å². The molecule has 0 amide bonds. The summed E-state index contributed by atoms with van der Waals surface area (Å²) in [5.41, 5.74) is -2.10. The van der Waals surface area contributed by atoms with Crippen molar-refractivity contribution in [1.82, 2.24) is 9.97 Å². The number of rotatable bonds is 3. The molecular weight excluding hydrogens is 354 g/mol. The number of hydrogen-bond acceptors (Lipinski definition) is 3. The third-order valence-electron chi connectivity index (χ3n) is 3.10. The Morgan fingerprint density at radius 2 is 1.96 bits per heavy atom. The van der Waals surface area contributed by atoms with E-state index in [0.29, 0.717) is 11.9 Å². The fourth-order valence-corrected chi connectivity index (χ4v) is 2.56. The van der Waals surface area contributed by atoms with Gasteiger partial charge in [0.2, 0.25) is 0 Å². The van der Waals surface area contributed by atoms with Gasteiger partial charge in [0.15, 0.2) is 5.69 Å². The number of nitrogens with zero attached hydrogens (tertiary/aromatic N) is 2. The second-order valence-electron chi connectivity index (χ2n) is 4.59. The zero-order valence-corrected chi connectivity index (χ0v) is 12.9. The van der Waals surface area contributed by atoms with E-state index in [2.05, 4.69) is 9.97 Å². The van der Waals surface area contributed by atoms with Crippen LogP contribution in [0.25, 0.3) is 0 Å². The fraction of sp³-hybridized carbons (Fsp3) is 0.214. The molecule has 0 radical (unpaired) electrons. The van der Waals surface area contributed by atoms with Gasteiger partial charge in [-0.15, -0.1) is 0 Å². The Hall–Kier alpha value is -2.04. The zero-order chi connectivity index (χ0) is 17.2. The zero-order valence-electron chi connectivity index (χ0n) is 11.3. The third kappa shape index (κ3) is 3.84. The second-order valence-corrected chi connectivity index (χ2v) is 5.41. The van der Waals surface area contributed by atoms with Gasteiger partial charge in [0.1, 0.15) is 6.07 Å². The summed E-state index contributed by atoms with van der Waals surface area (Å²) in [5.74, 6) is 0. The average molecular weight is 362 g/mol. The molecule has 2 aromatic rings. The first-order valence-electron chi connectivity index (χ1n) is 6.25. The van der Waals surface area contributed by atoms with Crippen molar-refractivity contribution in [1.29, 1.82) is 5.26 Å². The van der Waals surface area contributed by atoms with Gasteiger partial charge in [0, 0.05) is 10.6 Å². The maximum absolute atomic E-state index is 12.9. The highest BCUT2D eigenvalue weighted by atomic mass is 35.5. The van der Waals surface area contributed by atoms with E-state index in [1.807, 2.05) is 6.07 Å². The highest BCUT2D eigenvalue weighted by Gasteiger charge is 2.36. The van der Waals surface area contributed by atoms with E-state index < -0.39 is 23.0 Å². The van der Waals surface area contributed by atoms with Crippen LogP contribution < -0.4 is 5.56 Å². The molecule has 1 N–H and O–H groups in total. The van der Waals surface area contributed by atoms with Gasteiger partial charge < -0.3 is 4.98 Å². The summed E-state index contributed by atoms with van der Waals surface area (Å²) in [6.45, 7) is 0. The summed E-state index contributed by atoms with van der Waals surface area (Å²) < 4.78 is 38.7. The van der Waals surface area contributed by atoms with Crippen molar-refractivity contribution in [2.45, 2.75) is 19.0 Å². The molecular formula is C14H8Cl2F3N3O. The van der Waals surface area contributed by atoms with E-state index in [9.17, 15) is 18.0 Å². The minimum Gasteiger partial charge on any atom is -0.313 e. The number of hydrogen-bond donors (Lipinski definition) is 1.